The fraction of sp³-hybridized carbons (Fsp3) is 0.700. The Balaban J connectivity index is 2.65. The Labute approximate surface area is 93.6 Å². The van der Waals surface area contributed by atoms with E-state index in [1.165, 1.54) is 11.9 Å². The van der Waals surface area contributed by atoms with Crippen LogP contribution in [0.15, 0.2) is 0 Å². The summed E-state index contributed by atoms with van der Waals surface area (Å²) in [6, 6.07) is -1.39. The van der Waals surface area contributed by atoms with E-state index in [1.54, 1.807) is 6.92 Å². The van der Waals surface area contributed by atoms with E-state index in [4.69, 9.17) is 5.11 Å². The summed E-state index contributed by atoms with van der Waals surface area (Å²) in [6.45, 7) is 1.70. The molecule has 1 heterocycles. The normalized spacial score (nSPS) is 21.4. The molecule has 90 valence electrons. The summed E-state index contributed by atoms with van der Waals surface area (Å²) in [6.07, 6.45) is 1.12. The minimum Gasteiger partial charge on any atom is -0.480 e. The van der Waals surface area contributed by atoms with E-state index < -0.39 is 18.1 Å². The molecule has 0 bridgehead atoms. The Morgan fingerprint density at radius 1 is 1.62 bits per heavy atom. The molecule has 1 saturated heterocycles. The lowest BCUT2D eigenvalue weighted by molar-refractivity contribution is -0.149. The minimum absolute atomic E-state index is 0.157. The standard InChI is InChI=1S/C10H16N2O4/c1-3-7(10(15)16)12(2)9(14)6-4-5-8(13)11-6/h6-7H,3-5H2,1-2H3,(H,11,13)(H,15,16). The van der Waals surface area contributed by atoms with Crippen molar-refractivity contribution in [3.8, 4) is 0 Å². The highest BCUT2D eigenvalue weighted by Crippen LogP contribution is 2.12. The second-order valence-corrected chi connectivity index (χ2v) is 3.87. The van der Waals surface area contributed by atoms with Crippen LogP contribution in [0.2, 0.25) is 0 Å². The molecule has 2 unspecified atom stereocenters. The van der Waals surface area contributed by atoms with Crippen molar-refractivity contribution in [2.45, 2.75) is 38.3 Å². The zero-order valence-electron chi connectivity index (χ0n) is 9.40. The van der Waals surface area contributed by atoms with E-state index in [-0.39, 0.29) is 11.8 Å². The van der Waals surface area contributed by atoms with Gasteiger partial charge in [0.05, 0.1) is 0 Å². The van der Waals surface area contributed by atoms with Crippen LogP contribution in [0.3, 0.4) is 0 Å². The average molecular weight is 228 g/mol. The van der Waals surface area contributed by atoms with Crippen molar-refractivity contribution in [3.05, 3.63) is 0 Å². The summed E-state index contributed by atoms with van der Waals surface area (Å²) in [5, 5.41) is 11.4. The molecule has 2 atom stereocenters. The zero-order valence-corrected chi connectivity index (χ0v) is 9.40. The molecular formula is C10H16N2O4. The number of amides is 2. The van der Waals surface area contributed by atoms with Gasteiger partial charge in [-0.1, -0.05) is 6.92 Å². The van der Waals surface area contributed by atoms with Crippen LogP contribution < -0.4 is 5.32 Å². The van der Waals surface area contributed by atoms with Crippen LogP contribution in [0.5, 0.6) is 0 Å². The first-order valence-electron chi connectivity index (χ1n) is 5.26. The van der Waals surface area contributed by atoms with E-state index >= 15 is 0 Å². The molecule has 2 amide bonds. The molecule has 16 heavy (non-hydrogen) atoms. The molecule has 0 aromatic heterocycles. The second-order valence-electron chi connectivity index (χ2n) is 3.87. The molecule has 1 aliphatic heterocycles. The van der Waals surface area contributed by atoms with Crippen LogP contribution in [0, 0.1) is 0 Å². The molecule has 0 aromatic rings. The smallest absolute Gasteiger partial charge is 0.326 e. The van der Waals surface area contributed by atoms with Gasteiger partial charge >= 0.3 is 5.97 Å². The average Bonchev–Trinajstić information content (AvgIpc) is 2.64. The van der Waals surface area contributed by atoms with Crippen molar-refractivity contribution < 1.29 is 19.5 Å². The molecule has 0 radical (unpaired) electrons. The number of hydrogen-bond donors (Lipinski definition) is 2. The highest BCUT2D eigenvalue weighted by Gasteiger charge is 2.33. The first-order valence-corrected chi connectivity index (χ1v) is 5.26. The largest absolute Gasteiger partial charge is 0.480 e. The van der Waals surface area contributed by atoms with Crippen molar-refractivity contribution in [2.75, 3.05) is 7.05 Å². The third kappa shape index (κ3) is 2.50. The number of rotatable bonds is 4. The minimum atomic E-state index is -1.03. The Morgan fingerprint density at radius 3 is 2.62 bits per heavy atom. The van der Waals surface area contributed by atoms with Gasteiger partial charge in [0.1, 0.15) is 12.1 Å². The maximum Gasteiger partial charge on any atom is 0.326 e. The first kappa shape index (κ1) is 12.5. The third-order valence-corrected chi connectivity index (χ3v) is 2.78. The van der Waals surface area contributed by atoms with Gasteiger partial charge in [-0.25, -0.2) is 4.79 Å². The van der Waals surface area contributed by atoms with Gasteiger partial charge in [-0.15, -0.1) is 0 Å². The fourth-order valence-corrected chi connectivity index (χ4v) is 1.81. The lowest BCUT2D eigenvalue weighted by atomic mass is 10.1. The highest BCUT2D eigenvalue weighted by molar-refractivity contribution is 5.92. The van der Waals surface area contributed by atoms with Gasteiger partial charge in [-0.2, -0.15) is 0 Å². The van der Waals surface area contributed by atoms with Crippen LogP contribution in [0.25, 0.3) is 0 Å². The summed E-state index contributed by atoms with van der Waals surface area (Å²) >= 11 is 0. The molecule has 0 aliphatic carbocycles. The maximum atomic E-state index is 11.8. The van der Waals surface area contributed by atoms with Crippen LogP contribution in [0.1, 0.15) is 26.2 Å². The number of hydrogen-bond acceptors (Lipinski definition) is 3. The van der Waals surface area contributed by atoms with Crippen molar-refractivity contribution >= 4 is 17.8 Å². The van der Waals surface area contributed by atoms with Crippen molar-refractivity contribution in [1.29, 1.82) is 0 Å². The number of carbonyl (C=O) groups excluding carboxylic acids is 2. The molecule has 0 saturated carbocycles. The zero-order chi connectivity index (χ0) is 12.3. The number of nitrogens with one attached hydrogen (secondary N) is 1. The lowest BCUT2D eigenvalue weighted by Crippen LogP contribution is -2.49. The SMILES string of the molecule is CCC(C(=O)O)N(C)C(=O)C1CCC(=O)N1. The molecule has 2 N–H and O–H groups in total. The fourth-order valence-electron chi connectivity index (χ4n) is 1.81. The van der Waals surface area contributed by atoms with Gasteiger partial charge in [0.2, 0.25) is 11.8 Å². The Bertz CT molecular complexity index is 316. The van der Waals surface area contributed by atoms with Gasteiger partial charge < -0.3 is 15.3 Å². The van der Waals surface area contributed by atoms with Crippen LogP contribution >= 0.6 is 0 Å². The second kappa shape index (κ2) is 4.96. The summed E-state index contributed by atoms with van der Waals surface area (Å²) in [5.74, 6) is -1.52. The van der Waals surface area contributed by atoms with E-state index in [0.29, 0.717) is 19.3 Å². The summed E-state index contributed by atoms with van der Waals surface area (Å²) in [5.41, 5.74) is 0. The molecule has 0 spiro atoms. The van der Waals surface area contributed by atoms with E-state index in [2.05, 4.69) is 5.32 Å². The Hall–Kier alpha value is -1.59. The molecule has 6 nitrogen and oxygen atoms in total. The number of nitrogens with zero attached hydrogens (tertiary/aromatic N) is 1. The number of carboxylic acid groups (broad SMARTS) is 1. The molecule has 6 heteroatoms. The van der Waals surface area contributed by atoms with Gasteiger partial charge in [0, 0.05) is 13.5 Å². The van der Waals surface area contributed by atoms with Gasteiger partial charge in [0.15, 0.2) is 0 Å². The van der Waals surface area contributed by atoms with Crippen molar-refractivity contribution in [2.24, 2.45) is 0 Å². The molecule has 1 rings (SSSR count). The van der Waals surface area contributed by atoms with E-state index in [1.807, 2.05) is 0 Å². The molecule has 0 aromatic carbocycles. The van der Waals surface area contributed by atoms with Crippen LogP contribution in [-0.4, -0.2) is 46.9 Å². The van der Waals surface area contributed by atoms with Crippen LogP contribution in [0.4, 0.5) is 0 Å². The molecule has 1 fully saturated rings. The van der Waals surface area contributed by atoms with Gasteiger partial charge in [0.25, 0.3) is 0 Å². The van der Waals surface area contributed by atoms with Gasteiger partial charge in [-0.05, 0) is 12.8 Å². The molecule has 1 aliphatic rings. The maximum absolute atomic E-state index is 11.8. The summed E-state index contributed by atoms with van der Waals surface area (Å²) < 4.78 is 0. The van der Waals surface area contributed by atoms with E-state index in [9.17, 15) is 14.4 Å². The van der Waals surface area contributed by atoms with Crippen LogP contribution in [-0.2, 0) is 14.4 Å². The summed E-state index contributed by atoms with van der Waals surface area (Å²) in [7, 11) is 1.45. The van der Waals surface area contributed by atoms with E-state index in [0.717, 1.165) is 0 Å². The number of carboxylic acids is 1. The predicted molar refractivity (Wildman–Crippen MR) is 55.6 cm³/mol. The monoisotopic (exact) mass is 228 g/mol. The number of carbonyl (C=O) groups is 3. The lowest BCUT2D eigenvalue weighted by Gasteiger charge is -2.26. The summed E-state index contributed by atoms with van der Waals surface area (Å²) in [4.78, 5) is 34.9. The topological polar surface area (TPSA) is 86.7 Å². The third-order valence-electron chi connectivity index (χ3n) is 2.78. The highest BCUT2D eigenvalue weighted by atomic mass is 16.4. The molecular weight excluding hydrogens is 212 g/mol. The Kier molecular flexibility index (Phi) is 3.87. The first-order chi connectivity index (χ1) is 7.47. The van der Waals surface area contributed by atoms with Crippen molar-refractivity contribution in [3.63, 3.8) is 0 Å². The van der Waals surface area contributed by atoms with Crippen molar-refractivity contribution in [1.82, 2.24) is 10.2 Å². The number of aliphatic carboxylic acids is 1. The van der Waals surface area contributed by atoms with Gasteiger partial charge in [-0.3, -0.25) is 9.59 Å². The Morgan fingerprint density at radius 2 is 2.25 bits per heavy atom. The predicted octanol–water partition coefficient (Wildman–Crippen LogP) is -0.413. The number of likely N-dealkylation sites (N-methyl/N-ethyl adjacent to an activating group) is 1. The quantitative estimate of drug-likeness (QED) is 0.684.